The van der Waals surface area contributed by atoms with Crippen LogP contribution in [0.1, 0.15) is 12.5 Å². The van der Waals surface area contributed by atoms with Crippen LogP contribution < -0.4 is 19.1 Å². The van der Waals surface area contributed by atoms with Crippen LogP contribution in [-0.4, -0.2) is 46.9 Å². The van der Waals surface area contributed by atoms with Gasteiger partial charge in [0.25, 0.3) is 0 Å². The predicted molar refractivity (Wildman–Crippen MR) is 109 cm³/mol. The molecule has 0 radical (unpaired) electrons. The fourth-order valence-corrected chi connectivity index (χ4v) is 3.39. The Morgan fingerprint density at radius 1 is 1.07 bits per heavy atom. The number of sulfonamides is 1. The van der Waals surface area contributed by atoms with Gasteiger partial charge in [0.2, 0.25) is 15.9 Å². The van der Waals surface area contributed by atoms with Crippen molar-refractivity contribution in [1.29, 1.82) is 0 Å². The van der Waals surface area contributed by atoms with Gasteiger partial charge in [0.05, 0.1) is 25.1 Å². The summed E-state index contributed by atoms with van der Waals surface area (Å²) in [4.78, 5) is 12.2. The predicted octanol–water partition coefficient (Wildman–Crippen LogP) is 2.35. The lowest BCUT2D eigenvalue weighted by atomic mass is 10.2. The number of ether oxygens (including phenoxy) is 2. The summed E-state index contributed by atoms with van der Waals surface area (Å²) in [5.74, 6) is 0.981. The molecule has 0 fully saturated rings. The molecule has 1 N–H and O–H groups in total. The molecule has 0 heterocycles. The fourth-order valence-electron chi connectivity index (χ4n) is 2.53. The molecule has 2 rings (SSSR count). The van der Waals surface area contributed by atoms with Gasteiger partial charge in [-0.25, -0.2) is 8.42 Å². The van der Waals surface area contributed by atoms with Gasteiger partial charge in [-0.2, -0.15) is 0 Å². The maximum Gasteiger partial charge on any atom is 0.240 e. The minimum absolute atomic E-state index is 0.272. The molecular weight excluding hydrogens is 380 g/mol. The van der Waals surface area contributed by atoms with Crippen molar-refractivity contribution in [2.24, 2.45) is 0 Å². The largest absolute Gasteiger partial charge is 0.494 e. The maximum atomic E-state index is 12.2. The van der Waals surface area contributed by atoms with Gasteiger partial charge in [-0.15, -0.1) is 0 Å². The maximum absolute atomic E-state index is 12.2. The highest BCUT2D eigenvalue weighted by molar-refractivity contribution is 7.92. The van der Waals surface area contributed by atoms with Crippen molar-refractivity contribution in [1.82, 2.24) is 5.32 Å². The van der Waals surface area contributed by atoms with E-state index in [1.165, 1.54) is 0 Å². The topological polar surface area (TPSA) is 84.9 Å². The lowest BCUT2D eigenvalue weighted by Crippen LogP contribution is -2.41. The number of aryl methyl sites for hydroxylation is 1. The molecule has 0 aliphatic carbocycles. The first kappa shape index (κ1) is 21.6. The van der Waals surface area contributed by atoms with Gasteiger partial charge in [0, 0.05) is 0 Å². The lowest BCUT2D eigenvalue weighted by molar-refractivity contribution is -0.119. The van der Waals surface area contributed by atoms with E-state index >= 15 is 0 Å². The molecule has 0 unspecified atom stereocenters. The van der Waals surface area contributed by atoms with Crippen molar-refractivity contribution in [2.75, 3.05) is 36.9 Å². The molecule has 2 aromatic carbocycles. The lowest BCUT2D eigenvalue weighted by Gasteiger charge is -2.22. The summed E-state index contributed by atoms with van der Waals surface area (Å²) >= 11 is 0. The van der Waals surface area contributed by atoms with Crippen LogP contribution in [0.15, 0.2) is 48.5 Å². The Balaban J connectivity index is 1.91. The van der Waals surface area contributed by atoms with Gasteiger partial charge >= 0.3 is 0 Å². The van der Waals surface area contributed by atoms with E-state index in [2.05, 4.69) is 5.32 Å². The Hall–Kier alpha value is -2.74. The Morgan fingerprint density at radius 2 is 1.75 bits per heavy atom. The highest BCUT2D eigenvalue weighted by atomic mass is 32.2. The number of hydrogen-bond acceptors (Lipinski definition) is 5. The molecule has 8 heteroatoms. The molecular formula is C20H26N2O5S. The molecule has 0 atom stereocenters. The molecule has 0 spiro atoms. The summed E-state index contributed by atoms with van der Waals surface area (Å²) in [6.07, 6.45) is 1.07. The first-order chi connectivity index (χ1) is 13.3. The first-order valence-corrected chi connectivity index (χ1v) is 10.8. The van der Waals surface area contributed by atoms with E-state index in [1.807, 2.05) is 38.1 Å². The molecule has 152 valence electrons. The van der Waals surface area contributed by atoms with E-state index in [-0.39, 0.29) is 13.1 Å². The molecule has 0 bridgehead atoms. The summed E-state index contributed by atoms with van der Waals surface area (Å²) in [7, 11) is -3.62. The summed E-state index contributed by atoms with van der Waals surface area (Å²) in [5.41, 5.74) is 1.41. The minimum Gasteiger partial charge on any atom is -0.494 e. The Kier molecular flexibility index (Phi) is 7.69. The van der Waals surface area contributed by atoms with Crippen LogP contribution in [-0.2, 0) is 14.8 Å². The number of nitrogens with one attached hydrogen (secondary N) is 1. The monoisotopic (exact) mass is 406 g/mol. The van der Waals surface area contributed by atoms with Gasteiger partial charge in [-0.05, 0) is 49.7 Å². The molecule has 1 amide bonds. The van der Waals surface area contributed by atoms with Crippen molar-refractivity contribution < 1.29 is 22.7 Å². The van der Waals surface area contributed by atoms with Crippen molar-refractivity contribution in [3.05, 3.63) is 54.1 Å². The van der Waals surface area contributed by atoms with Gasteiger partial charge in [0.1, 0.15) is 24.7 Å². The summed E-state index contributed by atoms with van der Waals surface area (Å²) in [5, 5.41) is 2.68. The standard InChI is InChI=1S/C20H26N2O5S/c1-4-26-18-11-9-17(10-12-18)22(28(3,24)25)15-20(23)21-13-14-27-19-8-6-5-7-16(19)2/h5-12H,4,13-15H2,1-3H3,(H,21,23). The quantitative estimate of drug-likeness (QED) is 0.612. The Bertz CT molecular complexity index is 882. The van der Waals surface area contributed by atoms with Crippen LogP contribution in [0.4, 0.5) is 5.69 Å². The molecule has 28 heavy (non-hydrogen) atoms. The van der Waals surface area contributed by atoms with Crippen LogP contribution in [0.3, 0.4) is 0 Å². The van der Waals surface area contributed by atoms with Crippen molar-refractivity contribution in [2.45, 2.75) is 13.8 Å². The average Bonchev–Trinajstić information content (AvgIpc) is 2.65. The van der Waals surface area contributed by atoms with Crippen LogP contribution in [0.25, 0.3) is 0 Å². The SMILES string of the molecule is CCOc1ccc(N(CC(=O)NCCOc2ccccc2C)S(C)(=O)=O)cc1. The molecule has 0 saturated carbocycles. The summed E-state index contributed by atoms with van der Waals surface area (Å²) in [6, 6.07) is 14.2. The summed E-state index contributed by atoms with van der Waals surface area (Å²) < 4.78 is 36.3. The minimum atomic E-state index is -3.62. The number of amides is 1. The molecule has 0 saturated heterocycles. The third-order valence-corrected chi connectivity index (χ3v) is 5.04. The Labute approximate surface area is 166 Å². The number of nitrogens with zero attached hydrogens (tertiary/aromatic N) is 1. The number of benzene rings is 2. The second-order valence-corrected chi connectivity index (χ2v) is 8.07. The van der Waals surface area contributed by atoms with Crippen molar-refractivity contribution >= 4 is 21.6 Å². The molecule has 0 aromatic heterocycles. The third kappa shape index (κ3) is 6.45. The van der Waals surface area contributed by atoms with E-state index < -0.39 is 15.9 Å². The van der Waals surface area contributed by atoms with E-state index in [0.29, 0.717) is 24.7 Å². The number of carbonyl (C=O) groups excluding carboxylic acids is 1. The fraction of sp³-hybridized carbons (Fsp3) is 0.350. The van der Waals surface area contributed by atoms with E-state index in [4.69, 9.17) is 9.47 Å². The number of rotatable bonds is 10. The van der Waals surface area contributed by atoms with Gasteiger partial charge in [0.15, 0.2) is 0 Å². The number of carbonyl (C=O) groups is 1. The highest BCUT2D eigenvalue weighted by Gasteiger charge is 2.20. The van der Waals surface area contributed by atoms with Crippen LogP contribution in [0, 0.1) is 6.92 Å². The van der Waals surface area contributed by atoms with Crippen LogP contribution in [0.5, 0.6) is 11.5 Å². The Morgan fingerprint density at radius 3 is 2.36 bits per heavy atom. The molecule has 0 aliphatic rings. The zero-order chi connectivity index (χ0) is 20.6. The number of hydrogen-bond donors (Lipinski definition) is 1. The van der Waals surface area contributed by atoms with E-state index in [0.717, 1.165) is 21.9 Å². The van der Waals surface area contributed by atoms with Gasteiger partial charge < -0.3 is 14.8 Å². The van der Waals surface area contributed by atoms with Crippen LogP contribution in [0.2, 0.25) is 0 Å². The average molecular weight is 407 g/mol. The van der Waals surface area contributed by atoms with Crippen LogP contribution >= 0.6 is 0 Å². The highest BCUT2D eigenvalue weighted by Crippen LogP contribution is 2.21. The molecule has 2 aromatic rings. The van der Waals surface area contributed by atoms with E-state index in [1.54, 1.807) is 24.3 Å². The normalized spacial score (nSPS) is 11.0. The van der Waals surface area contributed by atoms with Crippen molar-refractivity contribution in [3.8, 4) is 11.5 Å². The zero-order valence-electron chi connectivity index (χ0n) is 16.3. The second-order valence-electron chi connectivity index (χ2n) is 6.16. The number of anilines is 1. The zero-order valence-corrected chi connectivity index (χ0v) is 17.2. The van der Waals surface area contributed by atoms with Crippen molar-refractivity contribution in [3.63, 3.8) is 0 Å². The third-order valence-electron chi connectivity index (χ3n) is 3.90. The smallest absolute Gasteiger partial charge is 0.240 e. The van der Waals surface area contributed by atoms with Gasteiger partial charge in [-0.3, -0.25) is 9.10 Å². The van der Waals surface area contributed by atoms with E-state index in [9.17, 15) is 13.2 Å². The van der Waals surface area contributed by atoms with Gasteiger partial charge in [-0.1, -0.05) is 18.2 Å². The first-order valence-electron chi connectivity index (χ1n) is 8.97. The molecule has 0 aliphatic heterocycles. The summed E-state index contributed by atoms with van der Waals surface area (Å²) in [6.45, 7) is 4.57. The molecule has 7 nitrogen and oxygen atoms in total. The second kappa shape index (κ2) is 9.98. The number of para-hydroxylation sites is 1.